The van der Waals surface area contributed by atoms with E-state index in [4.69, 9.17) is 5.11 Å². The van der Waals surface area contributed by atoms with E-state index in [1.54, 1.807) is 6.07 Å². The van der Waals surface area contributed by atoms with E-state index in [0.29, 0.717) is 4.90 Å². The van der Waals surface area contributed by atoms with Gasteiger partial charge in [-0.3, -0.25) is 4.79 Å². The smallest absolute Gasteiger partial charge is 0.354 e. The van der Waals surface area contributed by atoms with Crippen LogP contribution in [0.5, 0.6) is 0 Å². The number of carboxylic acid groups (broad SMARTS) is 1. The lowest BCUT2D eigenvalue weighted by Crippen LogP contribution is -2.08. The van der Waals surface area contributed by atoms with E-state index in [1.165, 1.54) is 24.7 Å². The minimum Gasteiger partial charge on any atom is -0.477 e. The highest BCUT2D eigenvalue weighted by atomic mass is 32.2. The van der Waals surface area contributed by atoms with Gasteiger partial charge in [-0.2, -0.15) is 0 Å². The third-order valence-electron chi connectivity index (χ3n) is 1.84. The third kappa shape index (κ3) is 2.70. The maximum Gasteiger partial charge on any atom is 0.354 e. The Kier molecular flexibility index (Phi) is 3.20. The van der Waals surface area contributed by atoms with Crippen LogP contribution in [0.2, 0.25) is 0 Å². The van der Waals surface area contributed by atoms with Gasteiger partial charge in [-0.1, -0.05) is 11.8 Å². The maximum atomic E-state index is 11.4. The molecule has 0 aliphatic carbocycles. The number of nitrogens with zero attached hydrogens (tertiary/aromatic N) is 2. The molecule has 2 N–H and O–H groups in total. The number of aromatic amines is 1. The molecule has 0 spiro atoms. The summed E-state index contributed by atoms with van der Waals surface area (Å²) in [4.78, 5) is 32.8. The Morgan fingerprint density at radius 2 is 2.18 bits per heavy atom. The molecule has 0 aromatic carbocycles. The highest BCUT2D eigenvalue weighted by molar-refractivity contribution is 7.99. The second kappa shape index (κ2) is 4.79. The van der Waals surface area contributed by atoms with Crippen molar-refractivity contribution in [3.05, 3.63) is 46.8 Å². The van der Waals surface area contributed by atoms with Gasteiger partial charge in [0.05, 0.1) is 0 Å². The largest absolute Gasteiger partial charge is 0.477 e. The average Bonchev–Trinajstić information content (AvgIpc) is 2.32. The summed E-state index contributed by atoms with van der Waals surface area (Å²) >= 11 is 1.09. The van der Waals surface area contributed by atoms with Crippen LogP contribution >= 0.6 is 11.8 Å². The van der Waals surface area contributed by atoms with Gasteiger partial charge in [0, 0.05) is 23.5 Å². The minimum atomic E-state index is -1.11. The van der Waals surface area contributed by atoms with Gasteiger partial charge in [0.1, 0.15) is 5.69 Å². The Labute approximate surface area is 99.8 Å². The van der Waals surface area contributed by atoms with Crippen molar-refractivity contribution in [2.24, 2.45) is 0 Å². The van der Waals surface area contributed by atoms with E-state index in [-0.39, 0.29) is 16.3 Å². The predicted molar refractivity (Wildman–Crippen MR) is 60.2 cm³/mol. The van der Waals surface area contributed by atoms with Crippen molar-refractivity contribution >= 4 is 17.7 Å². The first-order valence-corrected chi connectivity index (χ1v) is 5.39. The van der Waals surface area contributed by atoms with Gasteiger partial charge in [-0.15, -0.1) is 0 Å². The van der Waals surface area contributed by atoms with Crippen molar-refractivity contribution in [3.8, 4) is 0 Å². The van der Waals surface area contributed by atoms with Crippen LogP contribution in [0.25, 0.3) is 0 Å². The Bertz CT molecular complexity index is 611. The molecule has 17 heavy (non-hydrogen) atoms. The highest BCUT2D eigenvalue weighted by Crippen LogP contribution is 2.22. The van der Waals surface area contributed by atoms with Gasteiger partial charge in [0.15, 0.2) is 5.03 Å². The van der Waals surface area contributed by atoms with Crippen molar-refractivity contribution in [1.82, 2.24) is 15.0 Å². The molecule has 0 aliphatic heterocycles. The van der Waals surface area contributed by atoms with Crippen LogP contribution < -0.4 is 5.56 Å². The number of pyridine rings is 1. The van der Waals surface area contributed by atoms with Gasteiger partial charge >= 0.3 is 5.97 Å². The average molecular weight is 249 g/mol. The molecular weight excluding hydrogens is 242 g/mol. The van der Waals surface area contributed by atoms with Crippen LogP contribution in [0.3, 0.4) is 0 Å². The van der Waals surface area contributed by atoms with Gasteiger partial charge in [0.2, 0.25) is 0 Å². The number of aromatic carboxylic acids is 1. The first kappa shape index (κ1) is 11.3. The quantitative estimate of drug-likeness (QED) is 0.842. The lowest BCUT2D eigenvalue weighted by atomic mass is 10.3. The number of H-pyrrole nitrogens is 1. The fourth-order valence-electron chi connectivity index (χ4n) is 1.11. The molecule has 0 atom stereocenters. The number of rotatable bonds is 3. The number of carbonyl (C=O) groups is 1. The van der Waals surface area contributed by atoms with E-state index in [2.05, 4.69) is 15.0 Å². The zero-order valence-corrected chi connectivity index (χ0v) is 9.27. The van der Waals surface area contributed by atoms with E-state index in [0.717, 1.165) is 11.8 Å². The zero-order chi connectivity index (χ0) is 12.3. The van der Waals surface area contributed by atoms with Crippen molar-refractivity contribution in [2.45, 2.75) is 9.92 Å². The fourth-order valence-corrected chi connectivity index (χ4v) is 1.90. The summed E-state index contributed by atoms with van der Waals surface area (Å²) in [6.45, 7) is 0. The summed E-state index contributed by atoms with van der Waals surface area (Å²) in [5.74, 6) is -1.11. The normalized spacial score (nSPS) is 10.1. The summed E-state index contributed by atoms with van der Waals surface area (Å²) in [5.41, 5.74) is -0.381. The minimum absolute atomic E-state index is 0.0673. The first-order valence-electron chi connectivity index (χ1n) is 4.58. The predicted octanol–water partition coefficient (Wildman–Crippen LogP) is 1.01. The lowest BCUT2D eigenvalue weighted by molar-refractivity contribution is 0.0690. The Hall–Kier alpha value is -2.15. The monoisotopic (exact) mass is 249 g/mol. The second-order valence-corrected chi connectivity index (χ2v) is 4.07. The molecule has 0 radical (unpaired) electrons. The molecule has 0 fully saturated rings. The van der Waals surface area contributed by atoms with Crippen LogP contribution in [0, 0.1) is 0 Å². The summed E-state index contributed by atoms with van der Waals surface area (Å²) < 4.78 is 0. The Morgan fingerprint density at radius 1 is 1.35 bits per heavy atom. The molecule has 0 aliphatic rings. The fraction of sp³-hybridized carbons (Fsp3) is 0. The first-order chi connectivity index (χ1) is 8.16. The molecule has 86 valence electrons. The number of hydrogen-bond acceptors (Lipinski definition) is 5. The van der Waals surface area contributed by atoms with Crippen LogP contribution in [0.1, 0.15) is 10.5 Å². The van der Waals surface area contributed by atoms with Gasteiger partial charge in [-0.05, 0) is 12.1 Å². The van der Waals surface area contributed by atoms with Gasteiger partial charge in [-0.25, -0.2) is 14.8 Å². The SMILES string of the molecule is O=C(O)c1cc(Sc2ncc[nH]c2=O)ccn1. The summed E-state index contributed by atoms with van der Waals surface area (Å²) in [5, 5.41) is 9.03. The molecule has 2 aromatic heterocycles. The van der Waals surface area contributed by atoms with Crippen LogP contribution in [0.15, 0.2) is 45.4 Å². The number of aromatic nitrogens is 3. The highest BCUT2D eigenvalue weighted by Gasteiger charge is 2.08. The maximum absolute atomic E-state index is 11.4. The molecule has 0 unspecified atom stereocenters. The Morgan fingerprint density at radius 3 is 2.88 bits per heavy atom. The lowest BCUT2D eigenvalue weighted by Gasteiger charge is -2.00. The summed E-state index contributed by atoms with van der Waals surface area (Å²) in [7, 11) is 0. The van der Waals surface area contributed by atoms with Crippen molar-refractivity contribution in [1.29, 1.82) is 0 Å². The van der Waals surface area contributed by atoms with Crippen molar-refractivity contribution in [2.75, 3.05) is 0 Å². The topological polar surface area (TPSA) is 95.9 Å². The number of nitrogens with one attached hydrogen (secondary N) is 1. The van der Waals surface area contributed by atoms with Gasteiger partial charge in [0.25, 0.3) is 5.56 Å². The molecule has 0 saturated carbocycles. The second-order valence-electron chi connectivity index (χ2n) is 3.01. The molecule has 2 aromatic rings. The van der Waals surface area contributed by atoms with Crippen LogP contribution in [-0.2, 0) is 0 Å². The van der Waals surface area contributed by atoms with Crippen LogP contribution in [-0.4, -0.2) is 26.0 Å². The van der Waals surface area contributed by atoms with E-state index >= 15 is 0 Å². The molecule has 0 amide bonds. The summed E-state index contributed by atoms with van der Waals surface area (Å²) in [6.07, 6.45) is 4.27. The third-order valence-corrected chi connectivity index (χ3v) is 2.81. The zero-order valence-electron chi connectivity index (χ0n) is 8.45. The van der Waals surface area contributed by atoms with Crippen molar-refractivity contribution < 1.29 is 9.90 Å². The molecule has 7 heteroatoms. The molecular formula is C10H7N3O3S. The standard InChI is InChI=1S/C10H7N3O3S/c14-8-9(13-4-3-12-8)17-6-1-2-11-7(5-6)10(15)16/h1-5H,(H,12,14)(H,15,16). The van der Waals surface area contributed by atoms with Crippen molar-refractivity contribution in [3.63, 3.8) is 0 Å². The number of carboxylic acids is 1. The molecule has 2 rings (SSSR count). The van der Waals surface area contributed by atoms with Gasteiger partial charge < -0.3 is 10.1 Å². The molecule has 0 saturated heterocycles. The van der Waals surface area contributed by atoms with E-state index in [1.807, 2.05) is 0 Å². The van der Waals surface area contributed by atoms with E-state index < -0.39 is 5.97 Å². The Balaban J connectivity index is 2.31. The molecule has 2 heterocycles. The number of hydrogen-bond donors (Lipinski definition) is 2. The summed E-state index contributed by atoms with van der Waals surface area (Å²) in [6, 6.07) is 3.01. The van der Waals surface area contributed by atoms with E-state index in [9.17, 15) is 9.59 Å². The molecule has 6 nitrogen and oxygen atoms in total. The molecule has 0 bridgehead atoms. The van der Waals surface area contributed by atoms with Crippen LogP contribution in [0.4, 0.5) is 0 Å².